The van der Waals surface area contributed by atoms with Crippen LogP contribution < -0.4 is 15.5 Å². The second-order valence-electron chi connectivity index (χ2n) is 5.84. The second-order valence-corrected chi connectivity index (χ2v) is 6.76. The Labute approximate surface area is 157 Å². The quantitative estimate of drug-likeness (QED) is 0.411. The highest BCUT2D eigenvalue weighted by atomic mass is 32.1. The molecule has 0 saturated carbocycles. The molecule has 2 amide bonds. The summed E-state index contributed by atoms with van der Waals surface area (Å²) < 4.78 is 5.59. The molecule has 2 N–H and O–H groups in total. The Bertz CT molecular complexity index is 778. The van der Waals surface area contributed by atoms with Crippen LogP contribution in [-0.4, -0.2) is 24.1 Å². The van der Waals surface area contributed by atoms with Gasteiger partial charge in [-0.3, -0.25) is 9.59 Å². The highest BCUT2D eigenvalue weighted by molar-refractivity contribution is 7.14. The normalized spacial score (nSPS) is 10.1. The molecule has 0 aliphatic carbocycles. The van der Waals surface area contributed by atoms with Gasteiger partial charge in [0.15, 0.2) is 0 Å². The Morgan fingerprint density at radius 3 is 2.50 bits per heavy atom. The first-order chi connectivity index (χ1) is 12.5. The van der Waals surface area contributed by atoms with Crippen molar-refractivity contribution >= 4 is 33.9 Å². The van der Waals surface area contributed by atoms with Crippen molar-refractivity contribution < 1.29 is 14.3 Å². The minimum atomic E-state index is -0.359. The molecule has 26 heavy (non-hydrogen) atoms. The minimum Gasteiger partial charge on any atom is -0.494 e. The monoisotopic (exact) mass is 373 g/mol. The van der Waals surface area contributed by atoms with Crippen molar-refractivity contribution in [2.75, 3.05) is 11.9 Å². The van der Waals surface area contributed by atoms with Gasteiger partial charge in [0.1, 0.15) is 10.8 Å². The van der Waals surface area contributed by atoms with Crippen LogP contribution in [0.2, 0.25) is 0 Å². The Morgan fingerprint density at radius 2 is 1.85 bits per heavy atom. The number of hydrogen-bond donors (Lipinski definition) is 2. The standard InChI is InChI=1S/C19H23N3O3S/c1-4-5-11-25-15-8-6-14(7-9-15)17(23)20-19-16(10-12-26-19)18(24)22-21-13(2)3/h6-10,12H,4-5,11H2,1-3H3,(H,20,23)(H,22,24). The largest absolute Gasteiger partial charge is 0.494 e. The Hall–Kier alpha value is -2.67. The van der Waals surface area contributed by atoms with Crippen molar-refractivity contribution in [1.29, 1.82) is 0 Å². The van der Waals surface area contributed by atoms with E-state index >= 15 is 0 Å². The highest BCUT2D eigenvalue weighted by Crippen LogP contribution is 2.24. The lowest BCUT2D eigenvalue weighted by Crippen LogP contribution is -2.20. The van der Waals surface area contributed by atoms with E-state index < -0.39 is 0 Å². The molecule has 0 bridgehead atoms. The van der Waals surface area contributed by atoms with Gasteiger partial charge in [-0.1, -0.05) is 13.3 Å². The van der Waals surface area contributed by atoms with Gasteiger partial charge >= 0.3 is 0 Å². The van der Waals surface area contributed by atoms with Crippen molar-refractivity contribution in [3.05, 3.63) is 46.8 Å². The lowest BCUT2D eigenvalue weighted by molar-refractivity contribution is 0.0956. The zero-order valence-electron chi connectivity index (χ0n) is 15.2. The number of unbranched alkanes of at least 4 members (excludes halogenated alkanes) is 1. The number of carbonyl (C=O) groups excluding carboxylic acids is 2. The molecular weight excluding hydrogens is 350 g/mol. The number of anilines is 1. The summed E-state index contributed by atoms with van der Waals surface area (Å²) in [5.41, 5.74) is 4.07. The molecule has 7 heteroatoms. The van der Waals surface area contributed by atoms with Crippen LogP contribution in [-0.2, 0) is 0 Å². The number of carbonyl (C=O) groups is 2. The smallest absolute Gasteiger partial charge is 0.274 e. The van der Waals surface area contributed by atoms with E-state index in [9.17, 15) is 9.59 Å². The van der Waals surface area contributed by atoms with Gasteiger partial charge in [-0.05, 0) is 56.0 Å². The fraction of sp³-hybridized carbons (Fsp3) is 0.316. The van der Waals surface area contributed by atoms with Gasteiger partial charge in [0.25, 0.3) is 11.8 Å². The number of hydrazone groups is 1. The van der Waals surface area contributed by atoms with Gasteiger partial charge in [0.2, 0.25) is 0 Å². The SMILES string of the molecule is CCCCOc1ccc(C(=O)Nc2sccc2C(=O)NN=C(C)C)cc1. The van der Waals surface area contributed by atoms with E-state index in [-0.39, 0.29) is 11.8 Å². The van der Waals surface area contributed by atoms with Gasteiger partial charge in [0, 0.05) is 11.3 Å². The first-order valence-corrected chi connectivity index (χ1v) is 9.32. The van der Waals surface area contributed by atoms with Gasteiger partial charge in [-0.2, -0.15) is 5.10 Å². The van der Waals surface area contributed by atoms with Crippen molar-refractivity contribution in [1.82, 2.24) is 5.43 Å². The summed E-state index contributed by atoms with van der Waals surface area (Å²) in [6, 6.07) is 8.60. The number of amides is 2. The number of thiophene rings is 1. The van der Waals surface area contributed by atoms with Crippen LogP contribution in [0.3, 0.4) is 0 Å². The molecule has 0 unspecified atom stereocenters. The molecule has 0 saturated heterocycles. The molecule has 138 valence electrons. The van der Waals surface area contributed by atoms with E-state index in [1.807, 2.05) is 0 Å². The fourth-order valence-electron chi connectivity index (χ4n) is 2.02. The van der Waals surface area contributed by atoms with Crippen molar-refractivity contribution in [2.24, 2.45) is 5.10 Å². The van der Waals surface area contributed by atoms with Gasteiger partial charge in [0.05, 0.1) is 12.2 Å². The fourth-order valence-corrected chi connectivity index (χ4v) is 2.80. The second kappa shape index (κ2) is 9.72. The Kier molecular flexibility index (Phi) is 7.35. The predicted octanol–water partition coefficient (Wildman–Crippen LogP) is 4.30. The van der Waals surface area contributed by atoms with Crippen LogP contribution in [0.5, 0.6) is 5.75 Å². The van der Waals surface area contributed by atoms with Crippen molar-refractivity contribution in [3.63, 3.8) is 0 Å². The summed E-state index contributed by atoms with van der Waals surface area (Å²) in [7, 11) is 0. The summed E-state index contributed by atoms with van der Waals surface area (Å²) in [6.45, 7) is 6.33. The van der Waals surface area contributed by atoms with Crippen molar-refractivity contribution in [2.45, 2.75) is 33.6 Å². The molecule has 0 aliphatic rings. The average Bonchev–Trinajstić information content (AvgIpc) is 3.08. The number of ether oxygens (including phenoxy) is 1. The molecule has 0 radical (unpaired) electrons. The van der Waals surface area contributed by atoms with Crippen LogP contribution in [0.1, 0.15) is 54.3 Å². The maximum atomic E-state index is 12.4. The third-order valence-corrected chi connectivity index (χ3v) is 4.23. The van der Waals surface area contributed by atoms with Crippen LogP contribution >= 0.6 is 11.3 Å². The van der Waals surface area contributed by atoms with E-state index in [1.165, 1.54) is 11.3 Å². The summed E-state index contributed by atoms with van der Waals surface area (Å²) in [5.74, 6) is 0.0955. The minimum absolute atomic E-state index is 0.281. The van der Waals surface area contributed by atoms with Gasteiger partial charge < -0.3 is 10.1 Å². The lowest BCUT2D eigenvalue weighted by Gasteiger charge is -2.08. The number of benzene rings is 1. The molecule has 2 aromatic rings. The number of hydrogen-bond acceptors (Lipinski definition) is 5. The number of nitrogens with one attached hydrogen (secondary N) is 2. The molecule has 1 heterocycles. The topological polar surface area (TPSA) is 79.8 Å². The third kappa shape index (κ3) is 5.70. The predicted molar refractivity (Wildman–Crippen MR) is 105 cm³/mol. The molecule has 0 fully saturated rings. The van der Waals surface area contributed by atoms with Crippen LogP contribution in [0, 0.1) is 0 Å². The van der Waals surface area contributed by atoms with Crippen LogP contribution in [0.4, 0.5) is 5.00 Å². The molecular formula is C19H23N3O3S. The Morgan fingerprint density at radius 1 is 1.12 bits per heavy atom. The first kappa shape index (κ1) is 19.7. The Balaban J connectivity index is 2.01. The molecule has 6 nitrogen and oxygen atoms in total. The van der Waals surface area contributed by atoms with E-state index in [2.05, 4.69) is 22.8 Å². The maximum absolute atomic E-state index is 12.4. The van der Waals surface area contributed by atoms with E-state index in [1.54, 1.807) is 49.6 Å². The van der Waals surface area contributed by atoms with E-state index in [0.29, 0.717) is 22.7 Å². The maximum Gasteiger partial charge on any atom is 0.274 e. The molecule has 0 spiro atoms. The zero-order chi connectivity index (χ0) is 18.9. The molecule has 0 atom stereocenters. The van der Waals surface area contributed by atoms with Crippen LogP contribution in [0.15, 0.2) is 40.8 Å². The van der Waals surface area contributed by atoms with Crippen LogP contribution in [0.25, 0.3) is 0 Å². The molecule has 0 aliphatic heterocycles. The lowest BCUT2D eigenvalue weighted by atomic mass is 10.2. The van der Waals surface area contributed by atoms with E-state index in [0.717, 1.165) is 24.3 Å². The number of nitrogens with zero attached hydrogens (tertiary/aromatic N) is 1. The zero-order valence-corrected chi connectivity index (χ0v) is 16.0. The summed E-state index contributed by atoms with van der Waals surface area (Å²) >= 11 is 1.29. The number of rotatable bonds is 8. The van der Waals surface area contributed by atoms with Gasteiger partial charge in [-0.15, -0.1) is 11.3 Å². The molecule has 1 aromatic carbocycles. The molecule has 2 rings (SSSR count). The molecule has 1 aromatic heterocycles. The first-order valence-electron chi connectivity index (χ1n) is 8.44. The highest BCUT2D eigenvalue weighted by Gasteiger charge is 2.15. The summed E-state index contributed by atoms with van der Waals surface area (Å²) in [5, 5.41) is 8.90. The average molecular weight is 373 g/mol. The van der Waals surface area contributed by atoms with Gasteiger partial charge in [-0.25, -0.2) is 5.43 Å². The summed E-state index contributed by atoms with van der Waals surface area (Å²) in [4.78, 5) is 24.6. The third-order valence-electron chi connectivity index (χ3n) is 3.40. The summed E-state index contributed by atoms with van der Waals surface area (Å²) in [6.07, 6.45) is 2.06. The van der Waals surface area contributed by atoms with E-state index in [4.69, 9.17) is 4.74 Å². The van der Waals surface area contributed by atoms with Crippen molar-refractivity contribution in [3.8, 4) is 5.75 Å².